The van der Waals surface area contributed by atoms with E-state index in [-0.39, 0.29) is 0 Å². The van der Waals surface area contributed by atoms with Gasteiger partial charge in [-0.05, 0) is 30.7 Å². The first-order chi connectivity index (χ1) is 7.22. The van der Waals surface area contributed by atoms with Gasteiger partial charge < -0.3 is 0 Å². The first-order valence-electron chi connectivity index (χ1n) is 4.58. The molecule has 2 aromatic rings. The number of nitrogens with zero attached hydrogens (tertiary/aromatic N) is 2. The summed E-state index contributed by atoms with van der Waals surface area (Å²) < 4.78 is 1.81. The molecule has 78 valence electrons. The van der Waals surface area contributed by atoms with Crippen molar-refractivity contribution in [3.05, 3.63) is 46.7 Å². The minimum Gasteiger partial charge on any atom is -0.236 e. The highest BCUT2D eigenvalue weighted by Crippen LogP contribution is 2.20. The molecule has 15 heavy (non-hydrogen) atoms. The number of hydrogen-bond donors (Lipinski definition) is 0. The van der Waals surface area contributed by atoms with E-state index in [4.69, 9.17) is 23.2 Å². The standard InChI is InChI=1S/C11H10Cl2N2/c1-8-2-3-9(13)6-11(8)15-10(7-12)4-5-14-15/h2-6H,7H2,1H3. The summed E-state index contributed by atoms with van der Waals surface area (Å²) in [6.07, 6.45) is 1.73. The number of alkyl halides is 1. The third-order valence-electron chi connectivity index (χ3n) is 2.26. The van der Waals surface area contributed by atoms with Crippen molar-refractivity contribution in [3.63, 3.8) is 0 Å². The zero-order chi connectivity index (χ0) is 10.8. The van der Waals surface area contributed by atoms with Gasteiger partial charge in [0.25, 0.3) is 0 Å². The SMILES string of the molecule is Cc1ccc(Cl)cc1-n1nccc1CCl. The zero-order valence-corrected chi connectivity index (χ0v) is 9.76. The van der Waals surface area contributed by atoms with Gasteiger partial charge in [0.2, 0.25) is 0 Å². The summed E-state index contributed by atoms with van der Waals surface area (Å²) >= 11 is 11.8. The Labute approximate surface area is 98.4 Å². The van der Waals surface area contributed by atoms with Crippen LogP contribution in [0, 0.1) is 6.92 Å². The predicted octanol–water partition coefficient (Wildman–Crippen LogP) is 3.57. The molecule has 0 saturated heterocycles. The van der Waals surface area contributed by atoms with Gasteiger partial charge in [0.1, 0.15) is 0 Å². The molecular formula is C11H10Cl2N2. The van der Waals surface area contributed by atoms with Crippen LogP contribution in [0.25, 0.3) is 5.69 Å². The molecule has 1 aromatic carbocycles. The van der Waals surface area contributed by atoms with E-state index < -0.39 is 0 Å². The van der Waals surface area contributed by atoms with Gasteiger partial charge in [-0.1, -0.05) is 17.7 Å². The Hall–Kier alpha value is -0.990. The molecule has 2 rings (SSSR count). The molecule has 0 atom stereocenters. The van der Waals surface area contributed by atoms with Crippen molar-refractivity contribution >= 4 is 23.2 Å². The number of halogens is 2. The van der Waals surface area contributed by atoms with Crippen molar-refractivity contribution in [1.82, 2.24) is 9.78 Å². The van der Waals surface area contributed by atoms with E-state index in [1.54, 1.807) is 6.20 Å². The van der Waals surface area contributed by atoms with E-state index in [9.17, 15) is 0 Å². The van der Waals surface area contributed by atoms with Crippen LogP contribution in [0.3, 0.4) is 0 Å². The van der Waals surface area contributed by atoms with E-state index in [2.05, 4.69) is 5.10 Å². The van der Waals surface area contributed by atoms with Crippen molar-refractivity contribution in [1.29, 1.82) is 0 Å². The molecule has 1 heterocycles. The van der Waals surface area contributed by atoms with E-state index in [0.29, 0.717) is 10.9 Å². The molecule has 4 heteroatoms. The van der Waals surface area contributed by atoms with Crippen LogP contribution < -0.4 is 0 Å². The lowest BCUT2D eigenvalue weighted by atomic mass is 10.2. The molecule has 0 aliphatic heterocycles. The first-order valence-corrected chi connectivity index (χ1v) is 5.49. The Balaban J connectivity index is 2.58. The topological polar surface area (TPSA) is 17.8 Å². The molecular weight excluding hydrogens is 231 g/mol. The monoisotopic (exact) mass is 240 g/mol. The summed E-state index contributed by atoms with van der Waals surface area (Å²) in [6, 6.07) is 7.62. The molecule has 0 spiro atoms. The third kappa shape index (κ3) is 2.01. The largest absolute Gasteiger partial charge is 0.236 e. The Bertz CT molecular complexity index is 477. The summed E-state index contributed by atoms with van der Waals surface area (Å²) in [7, 11) is 0. The van der Waals surface area contributed by atoms with Crippen LogP contribution in [-0.2, 0) is 5.88 Å². The van der Waals surface area contributed by atoms with E-state index in [1.165, 1.54) is 0 Å². The molecule has 2 nitrogen and oxygen atoms in total. The maximum absolute atomic E-state index is 5.96. The normalized spacial score (nSPS) is 10.6. The lowest BCUT2D eigenvalue weighted by molar-refractivity contribution is 0.834. The van der Waals surface area contributed by atoms with Crippen molar-refractivity contribution < 1.29 is 0 Å². The van der Waals surface area contributed by atoms with Gasteiger partial charge in [-0.3, -0.25) is 0 Å². The smallest absolute Gasteiger partial charge is 0.0693 e. The van der Waals surface area contributed by atoms with Crippen LogP contribution in [-0.4, -0.2) is 9.78 Å². The summed E-state index contributed by atoms with van der Waals surface area (Å²) in [5, 5.41) is 4.93. The second-order valence-corrected chi connectivity index (χ2v) is 4.00. The van der Waals surface area contributed by atoms with Gasteiger partial charge in [-0.25, -0.2) is 4.68 Å². The second kappa shape index (κ2) is 4.25. The van der Waals surface area contributed by atoms with E-state index in [1.807, 2.05) is 35.9 Å². The lowest BCUT2D eigenvalue weighted by Gasteiger charge is -2.09. The molecule has 0 amide bonds. The number of aromatic nitrogens is 2. The van der Waals surface area contributed by atoms with Crippen LogP contribution in [0.15, 0.2) is 30.5 Å². The second-order valence-electron chi connectivity index (χ2n) is 3.30. The maximum atomic E-state index is 5.96. The van der Waals surface area contributed by atoms with Gasteiger partial charge in [0.05, 0.1) is 17.3 Å². The molecule has 0 unspecified atom stereocenters. The Morgan fingerprint density at radius 1 is 1.33 bits per heavy atom. The van der Waals surface area contributed by atoms with Crippen LogP contribution in [0.1, 0.15) is 11.3 Å². The first kappa shape index (κ1) is 10.5. The number of hydrogen-bond acceptors (Lipinski definition) is 1. The molecule has 1 aromatic heterocycles. The molecule has 0 bridgehead atoms. The average molecular weight is 241 g/mol. The van der Waals surface area contributed by atoms with Crippen LogP contribution in [0.4, 0.5) is 0 Å². The van der Waals surface area contributed by atoms with Crippen molar-refractivity contribution in [2.75, 3.05) is 0 Å². The molecule has 0 N–H and O–H groups in total. The molecule has 0 saturated carbocycles. The lowest BCUT2D eigenvalue weighted by Crippen LogP contribution is -2.02. The van der Waals surface area contributed by atoms with Gasteiger partial charge in [0, 0.05) is 11.2 Å². The Morgan fingerprint density at radius 2 is 2.13 bits per heavy atom. The van der Waals surface area contributed by atoms with Crippen molar-refractivity contribution in [3.8, 4) is 5.69 Å². The average Bonchev–Trinajstić information content (AvgIpc) is 2.69. The zero-order valence-electron chi connectivity index (χ0n) is 8.24. The molecule has 0 radical (unpaired) electrons. The highest BCUT2D eigenvalue weighted by atomic mass is 35.5. The number of aryl methyl sites for hydroxylation is 1. The fourth-order valence-corrected chi connectivity index (χ4v) is 1.83. The number of benzene rings is 1. The molecule has 0 aliphatic carbocycles. The predicted molar refractivity (Wildman–Crippen MR) is 62.9 cm³/mol. The third-order valence-corrected chi connectivity index (χ3v) is 2.77. The highest BCUT2D eigenvalue weighted by Gasteiger charge is 2.06. The minimum absolute atomic E-state index is 0.436. The summed E-state index contributed by atoms with van der Waals surface area (Å²) in [4.78, 5) is 0. The van der Waals surface area contributed by atoms with Gasteiger partial charge >= 0.3 is 0 Å². The summed E-state index contributed by atoms with van der Waals surface area (Å²) in [5.41, 5.74) is 3.06. The van der Waals surface area contributed by atoms with Gasteiger partial charge in [-0.15, -0.1) is 11.6 Å². The van der Waals surface area contributed by atoms with Gasteiger partial charge in [0.15, 0.2) is 0 Å². The minimum atomic E-state index is 0.436. The Morgan fingerprint density at radius 3 is 2.87 bits per heavy atom. The summed E-state index contributed by atoms with van der Waals surface area (Å²) in [5.74, 6) is 0.436. The molecule has 0 aliphatic rings. The fourth-order valence-electron chi connectivity index (χ4n) is 1.46. The van der Waals surface area contributed by atoms with Crippen molar-refractivity contribution in [2.45, 2.75) is 12.8 Å². The quantitative estimate of drug-likeness (QED) is 0.735. The Kier molecular flexibility index (Phi) is 2.98. The number of rotatable bonds is 2. The van der Waals surface area contributed by atoms with Gasteiger partial charge in [-0.2, -0.15) is 5.10 Å². The van der Waals surface area contributed by atoms with Crippen LogP contribution in [0.5, 0.6) is 0 Å². The van der Waals surface area contributed by atoms with E-state index in [0.717, 1.165) is 16.9 Å². The fraction of sp³-hybridized carbons (Fsp3) is 0.182. The van der Waals surface area contributed by atoms with Crippen molar-refractivity contribution in [2.24, 2.45) is 0 Å². The van der Waals surface area contributed by atoms with E-state index >= 15 is 0 Å². The van der Waals surface area contributed by atoms with Crippen LogP contribution >= 0.6 is 23.2 Å². The summed E-state index contributed by atoms with van der Waals surface area (Å²) in [6.45, 7) is 2.02. The highest BCUT2D eigenvalue weighted by molar-refractivity contribution is 6.30. The van der Waals surface area contributed by atoms with Crippen LogP contribution in [0.2, 0.25) is 5.02 Å². The molecule has 0 fully saturated rings. The maximum Gasteiger partial charge on any atom is 0.0693 e.